The van der Waals surface area contributed by atoms with Crippen LogP contribution < -0.4 is 10.5 Å². The fraction of sp³-hybridized carbons (Fsp3) is 0.333. The maximum atomic E-state index is 12.3. The molecule has 1 aromatic rings. The maximum absolute atomic E-state index is 12.3. The Kier molecular flexibility index (Phi) is 5.40. The van der Waals surface area contributed by atoms with Gasteiger partial charge in [0.1, 0.15) is 14.8 Å². The van der Waals surface area contributed by atoms with Gasteiger partial charge >= 0.3 is 6.03 Å². The Morgan fingerprint density at radius 3 is 2.71 bits per heavy atom. The number of amides is 2. The van der Waals surface area contributed by atoms with Gasteiger partial charge in [0.15, 0.2) is 9.92 Å². The number of allylic oxidation sites excluding steroid dienone is 2. The van der Waals surface area contributed by atoms with Gasteiger partial charge in [-0.3, -0.25) is 0 Å². The molecule has 0 fully saturated rings. The molecule has 0 bridgehead atoms. The van der Waals surface area contributed by atoms with Gasteiger partial charge in [0.05, 0.1) is 6.20 Å². The normalized spacial score (nSPS) is 15.2. The third-order valence-electron chi connectivity index (χ3n) is 2.30. The van der Waals surface area contributed by atoms with Gasteiger partial charge in [0, 0.05) is 5.70 Å². The maximum Gasteiger partial charge on any atom is 0.354 e. The number of aromatic nitrogens is 1. The SMILES string of the molecule is C=C/C(=C/C)NC(=O)N=S(N)(=O)c1cnc(C(C)(C)O)s1. The molecule has 0 aliphatic rings. The van der Waals surface area contributed by atoms with E-state index in [9.17, 15) is 14.1 Å². The van der Waals surface area contributed by atoms with Crippen LogP contribution in [0.1, 0.15) is 25.8 Å². The van der Waals surface area contributed by atoms with Crippen LogP contribution in [-0.4, -0.2) is 20.3 Å². The van der Waals surface area contributed by atoms with E-state index in [1.807, 2.05) is 0 Å². The first-order chi connectivity index (χ1) is 9.60. The van der Waals surface area contributed by atoms with Crippen molar-refractivity contribution in [1.29, 1.82) is 0 Å². The number of nitrogens with zero attached hydrogens (tertiary/aromatic N) is 2. The number of nitrogens with one attached hydrogen (secondary N) is 1. The highest BCUT2D eigenvalue weighted by molar-refractivity contribution is 7.93. The van der Waals surface area contributed by atoms with E-state index in [1.165, 1.54) is 12.3 Å². The Labute approximate surface area is 127 Å². The summed E-state index contributed by atoms with van der Waals surface area (Å²) in [6.07, 6.45) is 4.28. The van der Waals surface area contributed by atoms with Crippen LogP contribution in [0.5, 0.6) is 0 Å². The molecule has 0 aliphatic carbocycles. The summed E-state index contributed by atoms with van der Waals surface area (Å²) in [5, 5.41) is 18.1. The van der Waals surface area contributed by atoms with Crippen molar-refractivity contribution in [2.24, 2.45) is 9.50 Å². The summed E-state index contributed by atoms with van der Waals surface area (Å²) in [7, 11) is -3.41. The Hall–Kier alpha value is -1.55. The van der Waals surface area contributed by atoms with Gasteiger partial charge in [-0.15, -0.1) is 15.7 Å². The Balaban J connectivity index is 3.08. The molecule has 21 heavy (non-hydrogen) atoms. The first-order valence-corrected chi connectivity index (χ1v) is 8.33. The van der Waals surface area contributed by atoms with Crippen LogP contribution >= 0.6 is 11.3 Å². The first kappa shape index (κ1) is 17.5. The van der Waals surface area contributed by atoms with Crippen molar-refractivity contribution >= 4 is 27.3 Å². The van der Waals surface area contributed by atoms with E-state index >= 15 is 0 Å². The molecule has 1 rings (SSSR count). The number of hydrogen-bond acceptors (Lipinski definition) is 5. The predicted molar refractivity (Wildman–Crippen MR) is 82.9 cm³/mol. The van der Waals surface area contributed by atoms with Gasteiger partial charge in [-0.1, -0.05) is 12.7 Å². The van der Waals surface area contributed by atoms with Gasteiger partial charge in [0.2, 0.25) is 0 Å². The number of urea groups is 1. The van der Waals surface area contributed by atoms with Crippen molar-refractivity contribution in [2.75, 3.05) is 0 Å². The summed E-state index contributed by atoms with van der Waals surface area (Å²) in [5.41, 5.74) is -0.748. The Bertz CT molecular complexity index is 692. The lowest BCUT2D eigenvalue weighted by atomic mass is 10.2. The monoisotopic (exact) mass is 330 g/mol. The predicted octanol–water partition coefficient (Wildman–Crippen LogP) is 1.87. The molecule has 1 unspecified atom stereocenters. The molecule has 0 saturated carbocycles. The number of aliphatic hydroxyl groups is 1. The molecule has 2 amide bonds. The molecular formula is C12H18N4O3S2. The molecule has 7 nitrogen and oxygen atoms in total. The van der Waals surface area contributed by atoms with E-state index in [0.29, 0.717) is 10.7 Å². The summed E-state index contributed by atoms with van der Waals surface area (Å²) in [4.78, 5) is 15.6. The zero-order valence-electron chi connectivity index (χ0n) is 12.0. The zero-order chi connectivity index (χ0) is 16.3. The topological polar surface area (TPSA) is 118 Å². The second kappa shape index (κ2) is 6.48. The molecule has 116 valence electrons. The van der Waals surface area contributed by atoms with Crippen LogP contribution in [0.2, 0.25) is 0 Å². The van der Waals surface area contributed by atoms with E-state index in [-0.39, 0.29) is 4.21 Å². The van der Waals surface area contributed by atoms with Gasteiger partial charge in [-0.05, 0) is 26.8 Å². The first-order valence-electron chi connectivity index (χ1n) is 5.93. The number of rotatable bonds is 4. The van der Waals surface area contributed by atoms with Crippen molar-refractivity contribution in [3.63, 3.8) is 0 Å². The lowest BCUT2D eigenvalue weighted by Crippen LogP contribution is -2.22. The summed E-state index contributed by atoms with van der Waals surface area (Å²) in [5.74, 6) is 0. The van der Waals surface area contributed by atoms with E-state index in [4.69, 9.17) is 5.14 Å². The fourth-order valence-corrected chi connectivity index (χ4v) is 3.30. The molecular weight excluding hydrogens is 312 g/mol. The molecule has 1 aromatic heterocycles. The highest BCUT2D eigenvalue weighted by Crippen LogP contribution is 2.27. The molecule has 1 atom stereocenters. The van der Waals surface area contributed by atoms with Crippen molar-refractivity contribution in [3.05, 3.63) is 35.6 Å². The summed E-state index contributed by atoms with van der Waals surface area (Å²) in [6, 6.07) is -0.839. The van der Waals surface area contributed by atoms with Crippen molar-refractivity contribution in [3.8, 4) is 0 Å². The van der Waals surface area contributed by atoms with Crippen LogP contribution in [0.15, 0.2) is 39.2 Å². The minimum atomic E-state index is -3.41. The lowest BCUT2D eigenvalue weighted by molar-refractivity contribution is 0.0783. The van der Waals surface area contributed by atoms with Crippen molar-refractivity contribution in [2.45, 2.75) is 30.6 Å². The minimum absolute atomic E-state index is 0.121. The van der Waals surface area contributed by atoms with Crippen LogP contribution in [0.25, 0.3) is 0 Å². The molecule has 0 aliphatic heterocycles. The van der Waals surface area contributed by atoms with Gasteiger partial charge < -0.3 is 10.4 Å². The van der Waals surface area contributed by atoms with E-state index in [2.05, 4.69) is 21.2 Å². The zero-order valence-corrected chi connectivity index (χ0v) is 13.6. The highest BCUT2D eigenvalue weighted by Gasteiger charge is 2.23. The molecule has 1 heterocycles. The van der Waals surface area contributed by atoms with E-state index in [0.717, 1.165) is 11.3 Å². The molecule has 4 N–H and O–H groups in total. The Morgan fingerprint density at radius 1 is 1.67 bits per heavy atom. The molecule has 0 spiro atoms. The largest absolute Gasteiger partial charge is 0.383 e. The van der Waals surface area contributed by atoms with E-state index in [1.54, 1.807) is 26.8 Å². The van der Waals surface area contributed by atoms with Crippen LogP contribution in [0, 0.1) is 0 Å². The van der Waals surface area contributed by atoms with Crippen molar-refractivity contribution < 1.29 is 14.1 Å². The number of hydrogen-bond donors (Lipinski definition) is 3. The Morgan fingerprint density at radius 2 is 2.29 bits per heavy atom. The standard InChI is InChI=1S/C12H18N4O3S2/c1-5-8(6-2)15-11(17)16-21(13,19)9-7-14-10(20-9)12(3,4)18/h5-7,18H,1H2,2-4H3,(H3,13,15,16,17,19)/b8-6-. The van der Waals surface area contributed by atoms with E-state index < -0.39 is 21.5 Å². The highest BCUT2D eigenvalue weighted by atomic mass is 32.2. The van der Waals surface area contributed by atoms with Crippen LogP contribution in [0.4, 0.5) is 4.79 Å². The smallest absolute Gasteiger partial charge is 0.354 e. The molecule has 9 heteroatoms. The average molecular weight is 330 g/mol. The summed E-state index contributed by atoms with van der Waals surface area (Å²) in [6.45, 7) is 8.29. The molecule has 0 aromatic carbocycles. The third kappa shape index (κ3) is 4.74. The van der Waals surface area contributed by atoms with Crippen LogP contribution in [-0.2, 0) is 15.5 Å². The third-order valence-corrected chi connectivity index (χ3v) is 5.49. The average Bonchev–Trinajstić information content (AvgIpc) is 2.85. The lowest BCUT2D eigenvalue weighted by Gasteiger charge is -2.12. The quantitative estimate of drug-likeness (QED) is 0.730. The number of thiazole rings is 1. The minimum Gasteiger partial charge on any atom is -0.383 e. The summed E-state index contributed by atoms with van der Waals surface area (Å²) < 4.78 is 15.9. The van der Waals surface area contributed by atoms with Gasteiger partial charge in [-0.25, -0.2) is 19.1 Å². The van der Waals surface area contributed by atoms with Crippen LogP contribution in [0.3, 0.4) is 0 Å². The second-order valence-electron chi connectivity index (χ2n) is 4.58. The molecule has 0 radical (unpaired) electrons. The number of carbonyl (C=O) groups excluding carboxylic acids is 1. The fourth-order valence-electron chi connectivity index (χ4n) is 1.23. The van der Waals surface area contributed by atoms with Gasteiger partial charge in [-0.2, -0.15) is 0 Å². The second-order valence-corrected chi connectivity index (χ2v) is 7.63. The number of carbonyl (C=O) groups is 1. The summed E-state index contributed by atoms with van der Waals surface area (Å²) >= 11 is 0.949. The van der Waals surface area contributed by atoms with Crippen molar-refractivity contribution in [1.82, 2.24) is 10.3 Å². The van der Waals surface area contributed by atoms with Gasteiger partial charge in [0.25, 0.3) is 0 Å². The molecule has 0 saturated heterocycles. The number of nitrogens with two attached hydrogens (primary N) is 1.